The molecule has 0 spiro atoms. The Morgan fingerprint density at radius 2 is 1.94 bits per heavy atom. The number of ether oxygens (including phenoxy) is 1. The van der Waals surface area contributed by atoms with Crippen LogP contribution in [0.3, 0.4) is 0 Å². The van der Waals surface area contributed by atoms with Crippen LogP contribution >= 0.6 is 0 Å². The number of amides is 1. The maximum absolute atomic E-state index is 11.7. The van der Waals surface area contributed by atoms with Crippen LogP contribution < -0.4 is 11.1 Å². The van der Waals surface area contributed by atoms with Gasteiger partial charge in [0.1, 0.15) is 6.04 Å². The second-order valence-electron chi connectivity index (χ2n) is 5.63. The molecule has 6 heteroatoms. The Hall–Kier alpha value is -1.14. The van der Waals surface area contributed by atoms with Gasteiger partial charge in [-0.2, -0.15) is 0 Å². The third kappa shape index (κ3) is 8.03. The Balaban J connectivity index is 4.48. The predicted molar refractivity (Wildman–Crippen MR) is 68.1 cm³/mol. The van der Waals surface area contributed by atoms with Crippen molar-refractivity contribution >= 4 is 11.9 Å². The molecule has 0 aromatic rings. The summed E-state index contributed by atoms with van der Waals surface area (Å²) >= 11 is 0. The molecule has 0 aromatic heterocycles. The van der Waals surface area contributed by atoms with E-state index >= 15 is 0 Å². The number of hydrogen-bond donors (Lipinski definition) is 3. The maximum Gasteiger partial charge on any atom is 0.305 e. The van der Waals surface area contributed by atoms with Gasteiger partial charge in [-0.25, -0.2) is 0 Å². The minimum atomic E-state index is -0.940. The molecular weight excluding hydrogens is 236 g/mol. The fourth-order valence-corrected chi connectivity index (χ4v) is 1.69. The average molecular weight is 260 g/mol. The maximum atomic E-state index is 11.7. The van der Waals surface area contributed by atoms with Crippen molar-refractivity contribution in [3.8, 4) is 0 Å². The minimum absolute atomic E-state index is 0.0707. The zero-order valence-corrected chi connectivity index (χ0v) is 11.5. The number of carboxylic acids is 1. The van der Waals surface area contributed by atoms with Gasteiger partial charge in [-0.05, 0) is 11.8 Å². The van der Waals surface area contributed by atoms with Gasteiger partial charge in [0.25, 0.3) is 0 Å². The molecule has 2 atom stereocenters. The lowest BCUT2D eigenvalue weighted by Gasteiger charge is -2.26. The van der Waals surface area contributed by atoms with Gasteiger partial charge in [0.15, 0.2) is 0 Å². The molecule has 18 heavy (non-hydrogen) atoms. The normalized spacial score (nSPS) is 14.9. The van der Waals surface area contributed by atoms with E-state index in [1.807, 2.05) is 20.8 Å². The molecule has 2 unspecified atom stereocenters. The SMILES string of the molecule is COCC(N)C(=O)NC(CC(=O)O)CC(C)(C)C. The number of nitrogens with one attached hydrogen (secondary N) is 1. The molecule has 0 fully saturated rings. The quantitative estimate of drug-likeness (QED) is 0.613. The van der Waals surface area contributed by atoms with E-state index < -0.39 is 18.1 Å². The van der Waals surface area contributed by atoms with Gasteiger partial charge in [-0.15, -0.1) is 0 Å². The first kappa shape index (κ1) is 16.9. The van der Waals surface area contributed by atoms with Crippen LogP contribution in [-0.2, 0) is 14.3 Å². The fraction of sp³-hybridized carbons (Fsp3) is 0.833. The average Bonchev–Trinajstić information content (AvgIpc) is 2.13. The molecule has 0 aromatic carbocycles. The number of methoxy groups -OCH3 is 1. The van der Waals surface area contributed by atoms with Crippen molar-refractivity contribution in [2.24, 2.45) is 11.1 Å². The van der Waals surface area contributed by atoms with Gasteiger partial charge < -0.3 is 20.9 Å². The highest BCUT2D eigenvalue weighted by atomic mass is 16.5. The van der Waals surface area contributed by atoms with Crippen LogP contribution in [-0.4, -0.2) is 42.8 Å². The monoisotopic (exact) mass is 260 g/mol. The van der Waals surface area contributed by atoms with Gasteiger partial charge in [-0.1, -0.05) is 20.8 Å². The number of nitrogens with two attached hydrogens (primary N) is 1. The van der Waals surface area contributed by atoms with E-state index in [-0.39, 0.29) is 24.3 Å². The summed E-state index contributed by atoms with van der Waals surface area (Å²) in [6.07, 6.45) is 0.466. The zero-order chi connectivity index (χ0) is 14.3. The van der Waals surface area contributed by atoms with E-state index in [0.29, 0.717) is 6.42 Å². The molecule has 0 saturated heterocycles. The summed E-state index contributed by atoms with van der Waals surface area (Å²) in [5.74, 6) is -1.32. The smallest absolute Gasteiger partial charge is 0.305 e. The first-order valence-electron chi connectivity index (χ1n) is 5.92. The lowest BCUT2D eigenvalue weighted by molar-refractivity contribution is -0.138. The Bertz CT molecular complexity index is 286. The van der Waals surface area contributed by atoms with E-state index in [0.717, 1.165) is 0 Å². The van der Waals surface area contributed by atoms with E-state index in [2.05, 4.69) is 5.32 Å². The molecule has 0 bridgehead atoms. The van der Waals surface area contributed by atoms with Gasteiger partial charge in [0.2, 0.25) is 5.91 Å². The Labute approximate surface area is 108 Å². The number of rotatable bonds is 7. The van der Waals surface area contributed by atoms with Crippen molar-refractivity contribution in [1.82, 2.24) is 5.32 Å². The van der Waals surface area contributed by atoms with Crippen LogP contribution in [0.2, 0.25) is 0 Å². The van der Waals surface area contributed by atoms with Crippen LogP contribution in [0.5, 0.6) is 0 Å². The molecule has 0 aliphatic carbocycles. The summed E-state index contributed by atoms with van der Waals surface area (Å²) in [5, 5.41) is 11.5. The van der Waals surface area contributed by atoms with E-state index in [4.69, 9.17) is 15.6 Å². The van der Waals surface area contributed by atoms with Crippen molar-refractivity contribution in [1.29, 1.82) is 0 Å². The molecule has 0 aliphatic heterocycles. The lowest BCUT2D eigenvalue weighted by atomic mass is 9.87. The molecule has 6 nitrogen and oxygen atoms in total. The summed E-state index contributed by atoms with van der Waals surface area (Å²) in [6, 6.07) is -1.19. The third-order valence-electron chi connectivity index (χ3n) is 2.31. The van der Waals surface area contributed by atoms with Crippen molar-refractivity contribution in [3.63, 3.8) is 0 Å². The molecule has 0 heterocycles. The van der Waals surface area contributed by atoms with Crippen LogP contribution in [0.4, 0.5) is 0 Å². The number of carbonyl (C=O) groups excluding carboxylic acids is 1. The summed E-state index contributed by atoms with van der Waals surface area (Å²) in [5.41, 5.74) is 5.52. The second kappa shape index (κ2) is 7.33. The van der Waals surface area contributed by atoms with Gasteiger partial charge in [0, 0.05) is 13.2 Å². The van der Waals surface area contributed by atoms with Gasteiger partial charge in [-0.3, -0.25) is 9.59 Å². The van der Waals surface area contributed by atoms with E-state index in [1.54, 1.807) is 0 Å². The van der Waals surface area contributed by atoms with E-state index in [9.17, 15) is 9.59 Å². The summed E-state index contributed by atoms with van der Waals surface area (Å²) in [4.78, 5) is 22.5. The highest BCUT2D eigenvalue weighted by Gasteiger charge is 2.24. The number of hydrogen-bond acceptors (Lipinski definition) is 4. The molecule has 1 amide bonds. The number of aliphatic carboxylic acids is 1. The van der Waals surface area contributed by atoms with Gasteiger partial charge in [0.05, 0.1) is 13.0 Å². The molecule has 0 rings (SSSR count). The van der Waals surface area contributed by atoms with Crippen molar-refractivity contribution in [3.05, 3.63) is 0 Å². The third-order valence-corrected chi connectivity index (χ3v) is 2.31. The highest BCUT2D eigenvalue weighted by molar-refractivity contribution is 5.82. The standard InChI is InChI=1S/C12H24N2O4/c1-12(2,3)6-8(5-10(15)16)14-11(17)9(13)7-18-4/h8-9H,5-7,13H2,1-4H3,(H,14,17)(H,15,16). The zero-order valence-electron chi connectivity index (χ0n) is 11.5. The van der Waals surface area contributed by atoms with Crippen LogP contribution in [0.15, 0.2) is 0 Å². The first-order chi connectivity index (χ1) is 8.15. The molecular formula is C12H24N2O4. The lowest BCUT2D eigenvalue weighted by Crippen LogP contribution is -2.48. The summed E-state index contributed by atoms with van der Waals surface area (Å²) < 4.78 is 4.79. The van der Waals surface area contributed by atoms with Crippen molar-refractivity contribution in [2.45, 2.75) is 45.7 Å². The highest BCUT2D eigenvalue weighted by Crippen LogP contribution is 2.22. The summed E-state index contributed by atoms with van der Waals surface area (Å²) in [7, 11) is 1.46. The van der Waals surface area contributed by atoms with Gasteiger partial charge >= 0.3 is 5.97 Å². The molecule has 4 N–H and O–H groups in total. The number of carbonyl (C=O) groups is 2. The molecule has 0 radical (unpaired) electrons. The Morgan fingerprint density at radius 1 is 1.39 bits per heavy atom. The Morgan fingerprint density at radius 3 is 2.33 bits per heavy atom. The van der Waals surface area contributed by atoms with Crippen LogP contribution in [0.25, 0.3) is 0 Å². The van der Waals surface area contributed by atoms with Crippen LogP contribution in [0, 0.1) is 5.41 Å². The van der Waals surface area contributed by atoms with Crippen molar-refractivity contribution in [2.75, 3.05) is 13.7 Å². The summed E-state index contributed by atoms with van der Waals surface area (Å²) in [6.45, 7) is 6.08. The van der Waals surface area contributed by atoms with Crippen molar-refractivity contribution < 1.29 is 19.4 Å². The second-order valence-corrected chi connectivity index (χ2v) is 5.63. The van der Waals surface area contributed by atoms with E-state index in [1.165, 1.54) is 7.11 Å². The number of carboxylic acid groups (broad SMARTS) is 1. The van der Waals surface area contributed by atoms with Crippen LogP contribution in [0.1, 0.15) is 33.6 Å². The first-order valence-corrected chi connectivity index (χ1v) is 5.92. The molecule has 106 valence electrons. The minimum Gasteiger partial charge on any atom is -0.481 e. The fourth-order valence-electron chi connectivity index (χ4n) is 1.69. The largest absolute Gasteiger partial charge is 0.481 e. The molecule has 0 aliphatic rings. The predicted octanol–water partition coefficient (Wildman–Crippen LogP) is 0.356. The topological polar surface area (TPSA) is 102 Å². The Kier molecular flexibility index (Phi) is 6.86. The molecule has 0 saturated carbocycles.